The molecule has 1 saturated carbocycles. The zero-order valence-electron chi connectivity index (χ0n) is 12.2. The van der Waals surface area contributed by atoms with Gasteiger partial charge in [-0.1, -0.05) is 73.5 Å². The maximum Gasteiger partial charge on any atom is 0.108 e. The first-order valence-electron chi connectivity index (χ1n) is 7.78. The van der Waals surface area contributed by atoms with Gasteiger partial charge in [-0.05, 0) is 24.0 Å². The Bertz CT molecular complexity index is 499. The average molecular weight is 282 g/mol. The van der Waals surface area contributed by atoms with Crippen molar-refractivity contribution in [2.24, 2.45) is 0 Å². The van der Waals surface area contributed by atoms with Crippen LogP contribution >= 0.6 is 0 Å². The highest BCUT2D eigenvalue weighted by Crippen LogP contribution is 2.31. The minimum atomic E-state index is -0.339. The standard InChI is InChI=1S/C19H22O2/c20-17-13-7-8-14-18(17)21-19(15-9-3-1-4-10-15)16-11-5-2-6-12-16/h1-6,9-12,17-20H,7-8,13-14H2/t17-,18-/m1/s1. The van der Waals surface area contributed by atoms with Gasteiger partial charge in [-0.3, -0.25) is 0 Å². The first-order chi connectivity index (χ1) is 10.3. The molecule has 0 unspecified atom stereocenters. The molecule has 110 valence electrons. The lowest BCUT2D eigenvalue weighted by atomic mass is 9.93. The van der Waals surface area contributed by atoms with Crippen LogP contribution in [0.4, 0.5) is 0 Å². The lowest BCUT2D eigenvalue weighted by Gasteiger charge is -2.32. The molecule has 2 heteroatoms. The predicted octanol–water partition coefficient (Wildman–Crippen LogP) is 4.10. The number of ether oxygens (including phenoxy) is 1. The summed E-state index contributed by atoms with van der Waals surface area (Å²) >= 11 is 0. The van der Waals surface area contributed by atoms with E-state index in [2.05, 4.69) is 24.3 Å². The van der Waals surface area contributed by atoms with Crippen molar-refractivity contribution < 1.29 is 9.84 Å². The van der Waals surface area contributed by atoms with Crippen molar-refractivity contribution in [3.63, 3.8) is 0 Å². The monoisotopic (exact) mass is 282 g/mol. The van der Waals surface area contributed by atoms with Crippen LogP contribution in [0.25, 0.3) is 0 Å². The Kier molecular flexibility index (Phi) is 4.69. The van der Waals surface area contributed by atoms with E-state index in [-0.39, 0.29) is 18.3 Å². The summed E-state index contributed by atoms with van der Waals surface area (Å²) < 4.78 is 6.33. The smallest absolute Gasteiger partial charge is 0.108 e. The first-order valence-corrected chi connectivity index (χ1v) is 7.78. The minimum absolute atomic E-state index is 0.0656. The zero-order chi connectivity index (χ0) is 14.5. The SMILES string of the molecule is O[C@@H]1CCCC[C@H]1OC(c1ccccc1)c1ccccc1. The molecule has 1 N–H and O–H groups in total. The van der Waals surface area contributed by atoms with Crippen molar-refractivity contribution in [3.05, 3.63) is 71.8 Å². The van der Waals surface area contributed by atoms with E-state index in [1.807, 2.05) is 36.4 Å². The van der Waals surface area contributed by atoms with Gasteiger partial charge in [0.2, 0.25) is 0 Å². The summed E-state index contributed by atoms with van der Waals surface area (Å²) in [4.78, 5) is 0. The van der Waals surface area contributed by atoms with Gasteiger partial charge in [0.15, 0.2) is 0 Å². The lowest BCUT2D eigenvalue weighted by molar-refractivity contribution is -0.0833. The fourth-order valence-electron chi connectivity index (χ4n) is 3.02. The van der Waals surface area contributed by atoms with Crippen LogP contribution in [-0.2, 0) is 4.74 Å². The minimum Gasteiger partial charge on any atom is -0.390 e. The second kappa shape index (κ2) is 6.88. The first kappa shape index (κ1) is 14.3. The summed E-state index contributed by atoms with van der Waals surface area (Å²) in [6, 6.07) is 20.5. The van der Waals surface area contributed by atoms with Crippen molar-refractivity contribution in [1.29, 1.82) is 0 Å². The van der Waals surface area contributed by atoms with E-state index in [0.717, 1.165) is 36.8 Å². The molecule has 2 aromatic carbocycles. The topological polar surface area (TPSA) is 29.5 Å². The molecular weight excluding hydrogens is 260 g/mol. The van der Waals surface area contributed by atoms with Gasteiger partial charge in [-0.2, -0.15) is 0 Å². The van der Waals surface area contributed by atoms with Crippen LogP contribution in [-0.4, -0.2) is 17.3 Å². The third kappa shape index (κ3) is 3.52. The van der Waals surface area contributed by atoms with Crippen molar-refractivity contribution in [2.45, 2.75) is 44.0 Å². The summed E-state index contributed by atoms with van der Waals surface area (Å²) in [5.41, 5.74) is 2.28. The molecule has 0 aliphatic heterocycles. The second-order valence-electron chi connectivity index (χ2n) is 5.73. The van der Waals surface area contributed by atoms with Gasteiger partial charge in [-0.15, -0.1) is 0 Å². The van der Waals surface area contributed by atoms with Crippen LogP contribution in [0.3, 0.4) is 0 Å². The van der Waals surface area contributed by atoms with E-state index >= 15 is 0 Å². The summed E-state index contributed by atoms with van der Waals surface area (Å²) in [6.45, 7) is 0. The van der Waals surface area contributed by atoms with Crippen LogP contribution in [0, 0.1) is 0 Å². The second-order valence-corrected chi connectivity index (χ2v) is 5.73. The molecule has 3 rings (SSSR count). The van der Waals surface area contributed by atoms with Crippen LogP contribution in [0.1, 0.15) is 42.9 Å². The fourth-order valence-corrected chi connectivity index (χ4v) is 3.02. The largest absolute Gasteiger partial charge is 0.390 e. The van der Waals surface area contributed by atoms with Gasteiger partial charge >= 0.3 is 0 Å². The quantitative estimate of drug-likeness (QED) is 0.915. The Morgan fingerprint density at radius 1 is 0.810 bits per heavy atom. The van der Waals surface area contributed by atoms with E-state index in [1.54, 1.807) is 0 Å². The molecular formula is C19H22O2. The molecule has 0 spiro atoms. The number of hydrogen-bond donors (Lipinski definition) is 1. The van der Waals surface area contributed by atoms with Crippen LogP contribution in [0.15, 0.2) is 60.7 Å². The average Bonchev–Trinajstić information content (AvgIpc) is 2.56. The molecule has 2 atom stereocenters. The Hall–Kier alpha value is -1.64. The van der Waals surface area contributed by atoms with Gasteiger partial charge in [-0.25, -0.2) is 0 Å². The number of aliphatic hydroxyl groups excluding tert-OH is 1. The Labute approximate surface area is 126 Å². The Morgan fingerprint density at radius 2 is 1.33 bits per heavy atom. The molecule has 2 nitrogen and oxygen atoms in total. The van der Waals surface area contributed by atoms with Gasteiger partial charge in [0.05, 0.1) is 12.2 Å². The Morgan fingerprint density at radius 3 is 1.86 bits per heavy atom. The third-order valence-electron chi connectivity index (χ3n) is 4.18. The molecule has 0 saturated heterocycles. The molecule has 1 aliphatic rings. The number of benzene rings is 2. The lowest BCUT2D eigenvalue weighted by Crippen LogP contribution is -2.33. The van der Waals surface area contributed by atoms with Crippen molar-refractivity contribution in [3.8, 4) is 0 Å². The molecule has 21 heavy (non-hydrogen) atoms. The van der Waals surface area contributed by atoms with Crippen LogP contribution in [0.2, 0.25) is 0 Å². The summed E-state index contributed by atoms with van der Waals surface area (Å²) in [5, 5.41) is 10.2. The van der Waals surface area contributed by atoms with E-state index < -0.39 is 0 Å². The molecule has 2 aromatic rings. The summed E-state index contributed by atoms with van der Waals surface area (Å²) in [6.07, 6.45) is 3.52. The number of aliphatic hydroxyl groups is 1. The van der Waals surface area contributed by atoms with Gasteiger partial charge < -0.3 is 9.84 Å². The highest BCUT2D eigenvalue weighted by Gasteiger charge is 2.27. The van der Waals surface area contributed by atoms with Crippen molar-refractivity contribution in [2.75, 3.05) is 0 Å². The van der Waals surface area contributed by atoms with Gasteiger partial charge in [0.25, 0.3) is 0 Å². The van der Waals surface area contributed by atoms with E-state index in [4.69, 9.17) is 4.74 Å². The van der Waals surface area contributed by atoms with E-state index in [9.17, 15) is 5.11 Å². The predicted molar refractivity (Wildman–Crippen MR) is 84.1 cm³/mol. The molecule has 0 bridgehead atoms. The van der Waals surface area contributed by atoms with Crippen LogP contribution in [0.5, 0.6) is 0 Å². The van der Waals surface area contributed by atoms with E-state index in [1.165, 1.54) is 0 Å². The van der Waals surface area contributed by atoms with E-state index in [0.29, 0.717) is 0 Å². The molecule has 1 aliphatic carbocycles. The van der Waals surface area contributed by atoms with Crippen molar-refractivity contribution >= 4 is 0 Å². The normalized spacial score (nSPS) is 22.4. The zero-order valence-corrected chi connectivity index (χ0v) is 12.2. The highest BCUT2D eigenvalue weighted by atomic mass is 16.5. The summed E-state index contributed by atoms with van der Waals surface area (Å²) in [7, 11) is 0. The molecule has 1 fully saturated rings. The molecule has 0 amide bonds. The fraction of sp³-hybridized carbons (Fsp3) is 0.368. The maximum absolute atomic E-state index is 10.2. The summed E-state index contributed by atoms with van der Waals surface area (Å²) in [5.74, 6) is 0. The number of hydrogen-bond acceptors (Lipinski definition) is 2. The van der Waals surface area contributed by atoms with Crippen LogP contribution < -0.4 is 0 Å². The maximum atomic E-state index is 10.2. The molecule has 0 aromatic heterocycles. The van der Waals surface area contributed by atoms with Crippen molar-refractivity contribution in [1.82, 2.24) is 0 Å². The van der Waals surface area contributed by atoms with Gasteiger partial charge in [0, 0.05) is 0 Å². The molecule has 0 radical (unpaired) electrons. The number of rotatable bonds is 4. The Balaban J connectivity index is 1.86. The highest BCUT2D eigenvalue weighted by molar-refractivity contribution is 5.30. The third-order valence-corrected chi connectivity index (χ3v) is 4.18. The molecule has 0 heterocycles. The van der Waals surface area contributed by atoms with Gasteiger partial charge in [0.1, 0.15) is 6.10 Å².